The lowest BCUT2D eigenvalue weighted by molar-refractivity contribution is -0.00283. The predicted octanol–water partition coefficient (Wildman–Crippen LogP) is 10.2. The van der Waals surface area contributed by atoms with E-state index in [0.29, 0.717) is 35.3 Å². The molecule has 2 atom stereocenters. The molecule has 0 aliphatic carbocycles. The minimum absolute atomic E-state index is 0.143. The first-order valence-electron chi connectivity index (χ1n) is 14.1. The first-order chi connectivity index (χ1) is 18.4. The van der Waals surface area contributed by atoms with Crippen LogP contribution in [0.3, 0.4) is 0 Å². The Morgan fingerprint density at radius 3 is 1.89 bits per heavy atom. The highest BCUT2D eigenvalue weighted by molar-refractivity contribution is 5.71. The molecule has 3 aromatic carbocycles. The third-order valence-corrected chi connectivity index (χ3v) is 7.74. The lowest BCUT2D eigenvalue weighted by Crippen LogP contribution is -2.25. The van der Waals surface area contributed by atoms with Crippen LogP contribution in [-0.4, -0.2) is 12.7 Å². The van der Waals surface area contributed by atoms with Crippen molar-refractivity contribution in [3.05, 3.63) is 82.9 Å². The Labute approximate surface area is 224 Å². The summed E-state index contributed by atoms with van der Waals surface area (Å²) in [6, 6.07) is 12.9. The largest absolute Gasteiger partial charge is 0.378 e. The van der Waals surface area contributed by atoms with Crippen LogP contribution in [0, 0.1) is 23.3 Å². The quantitative estimate of drug-likeness (QED) is 0.178. The third kappa shape index (κ3) is 6.48. The molecule has 1 saturated heterocycles. The molecule has 1 heterocycles. The zero-order valence-corrected chi connectivity index (χ0v) is 22.5. The second-order valence-electron chi connectivity index (χ2n) is 10.5. The molecule has 204 valence electrons. The standard InChI is InChI=1S/C33H38F4O/c1-3-5-6-7-8-10-26-17-15-25(21-38-26)29-20-19-28(32(36)33(29)37)23-13-11-22(12-14-23)27-18-16-24(9-4-2)30(34)31(27)35/h11-14,16,18-20,25-26H,3-10,15,17,21H2,1-2H3. The van der Waals surface area contributed by atoms with Gasteiger partial charge >= 0.3 is 0 Å². The Morgan fingerprint density at radius 2 is 1.29 bits per heavy atom. The number of rotatable bonds is 11. The first-order valence-corrected chi connectivity index (χ1v) is 14.1. The molecule has 4 rings (SSSR count). The lowest BCUT2D eigenvalue weighted by Gasteiger charge is -2.30. The van der Waals surface area contributed by atoms with E-state index in [9.17, 15) is 8.78 Å². The van der Waals surface area contributed by atoms with E-state index in [1.165, 1.54) is 25.7 Å². The molecule has 0 aromatic heterocycles. The van der Waals surface area contributed by atoms with Crippen LogP contribution in [-0.2, 0) is 11.2 Å². The van der Waals surface area contributed by atoms with Crippen molar-refractivity contribution in [1.82, 2.24) is 0 Å². The van der Waals surface area contributed by atoms with Crippen molar-refractivity contribution >= 4 is 0 Å². The Bertz CT molecular complexity index is 1200. The summed E-state index contributed by atoms with van der Waals surface area (Å²) in [6.07, 6.45) is 10.2. The monoisotopic (exact) mass is 526 g/mol. The summed E-state index contributed by atoms with van der Waals surface area (Å²) >= 11 is 0. The van der Waals surface area contributed by atoms with Crippen molar-refractivity contribution in [2.24, 2.45) is 0 Å². The highest BCUT2D eigenvalue weighted by atomic mass is 19.2. The minimum atomic E-state index is -0.894. The first kappa shape index (κ1) is 28.4. The second kappa shape index (κ2) is 13.4. The highest BCUT2D eigenvalue weighted by Gasteiger charge is 2.27. The summed E-state index contributed by atoms with van der Waals surface area (Å²) in [6.45, 7) is 4.52. The smallest absolute Gasteiger partial charge is 0.166 e. The zero-order chi connectivity index (χ0) is 27.1. The van der Waals surface area contributed by atoms with Gasteiger partial charge in [-0.3, -0.25) is 0 Å². The van der Waals surface area contributed by atoms with Gasteiger partial charge in [0, 0.05) is 17.0 Å². The van der Waals surface area contributed by atoms with Crippen molar-refractivity contribution in [1.29, 1.82) is 0 Å². The molecule has 1 nitrogen and oxygen atoms in total. The topological polar surface area (TPSA) is 9.23 Å². The van der Waals surface area contributed by atoms with Crippen LogP contribution in [0.25, 0.3) is 22.3 Å². The number of ether oxygens (including phenoxy) is 1. The number of benzene rings is 3. The predicted molar refractivity (Wildman–Crippen MR) is 146 cm³/mol. The summed E-state index contributed by atoms with van der Waals surface area (Å²) in [5.74, 6) is -3.61. The molecule has 0 spiro atoms. The SMILES string of the molecule is CCCCCCCC1CCC(c2ccc(-c3ccc(-c4ccc(CCC)c(F)c4F)cc3)c(F)c2F)CO1. The average molecular weight is 527 g/mol. The maximum Gasteiger partial charge on any atom is 0.166 e. The van der Waals surface area contributed by atoms with Crippen LogP contribution in [0.15, 0.2) is 48.5 Å². The fourth-order valence-corrected chi connectivity index (χ4v) is 5.46. The van der Waals surface area contributed by atoms with E-state index in [4.69, 9.17) is 4.74 Å². The van der Waals surface area contributed by atoms with Gasteiger partial charge in [-0.25, -0.2) is 17.6 Å². The Morgan fingerprint density at radius 1 is 0.658 bits per heavy atom. The molecule has 1 aliphatic rings. The van der Waals surface area contributed by atoms with E-state index < -0.39 is 23.3 Å². The fourth-order valence-electron chi connectivity index (χ4n) is 5.46. The molecule has 3 aromatic rings. The molecule has 38 heavy (non-hydrogen) atoms. The normalized spacial score (nSPS) is 17.6. The molecule has 2 unspecified atom stereocenters. The molecule has 0 amide bonds. The van der Waals surface area contributed by atoms with Crippen molar-refractivity contribution in [3.63, 3.8) is 0 Å². The van der Waals surface area contributed by atoms with Crippen LogP contribution >= 0.6 is 0 Å². The molecule has 0 N–H and O–H groups in total. The molecule has 1 aliphatic heterocycles. The molecule has 5 heteroatoms. The van der Waals surface area contributed by atoms with Gasteiger partial charge in [0.25, 0.3) is 0 Å². The fraction of sp³-hybridized carbons (Fsp3) is 0.455. The van der Waals surface area contributed by atoms with E-state index in [1.807, 2.05) is 6.92 Å². The third-order valence-electron chi connectivity index (χ3n) is 7.74. The average Bonchev–Trinajstić information content (AvgIpc) is 2.93. The van der Waals surface area contributed by atoms with Gasteiger partial charge in [-0.15, -0.1) is 0 Å². The number of hydrogen-bond acceptors (Lipinski definition) is 1. The van der Waals surface area contributed by atoms with Crippen LogP contribution in [0.4, 0.5) is 17.6 Å². The van der Waals surface area contributed by atoms with Gasteiger partial charge in [-0.05, 0) is 47.9 Å². The van der Waals surface area contributed by atoms with Gasteiger partial charge < -0.3 is 4.74 Å². The molecule has 1 fully saturated rings. The minimum Gasteiger partial charge on any atom is -0.378 e. The van der Waals surface area contributed by atoms with Crippen LogP contribution < -0.4 is 0 Å². The maximum atomic E-state index is 15.2. The summed E-state index contributed by atoms with van der Waals surface area (Å²) in [5.41, 5.74) is 1.95. The number of aryl methyl sites for hydroxylation is 1. The van der Waals surface area contributed by atoms with E-state index in [2.05, 4.69) is 6.92 Å². The maximum absolute atomic E-state index is 15.2. The van der Waals surface area contributed by atoms with E-state index in [1.54, 1.807) is 48.5 Å². The molecule has 0 saturated carbocycles. The highest BCUT2D eigenvalue weighted by Crippen LogP contribution is 2.36. The summed E-state index contributed by atoms with van der Waals surface area (Å²) in [5, 5.41) is 0. The van der Waals surface area contributed by atoms with Gasteiger partial charge in [-0.1, -0.05) is 101 Å². The molecule has 0 radical (unpaired) electrons. The van der Waals surface area contributed by atoms with Crippen LogP contribution in [0.1, 0.15) is 88.7 Å². The van der Waals surface area contributed by atoms with Gasteiger partial charge in [0.2, 0.25) is 0 Å². The molecular formula is C33H38F4O. The van der Waals surface area contributed by atoms with Gasteiger partial charge in [-0.2, -0.15) is 0 Å². The Kier molecular flexibility index (Phi) is 10.0. The van der Waals surface area contributed by atoms with Gasteiger partial charge in [0.1, 0.15) is 0 Å². The number of unbranched alkanes of at least 4 members (excludes halogenated alkanes) is 4. The van der Waals surface area contributed by atoms with Crippen LogP contribution in [0.2, 0.25) is 0 Å². The zero-order valence-electron chi connectivity index (χ0n) is 22.5. The van der Waals surface area contributed by atoms with Crippen molar-refractivity contribution < 1.29 is 22.3 Å². The molecule has 0 bridgehead atoms. The van der Waals surface area contributed by atoms with E-state index >= 15 is 8.78 Å². The van der Waals surface area contributed by atoms with Gasteiger partial charge in [0.05, 0.1) is 12.7 Å². The van der Waals surface area contributed by atoms with E-state index in [-0.39, 0.29) is 23.1 Å². The van der Waals surface area contributed by atoms with Crippen LogP contribution in [0.5, 0.6) is 0 Å². The van der Waals surface area contributed by atoms with Crippen molar-refractivity contribution in [2.75, 3.05) is 6.61 Å². The molecular weight excluding hydrogens is 488 g/mol. The van der Waals surface area contributed by atoms with Crippen molar-refractivity contribution in [3.8, 4) is 22.3 Å². The number of halogens is 4. The number of hydrogen-bond donors (Lipinski definition) is 0. The summed E-state index contributed by atoms with van der Waals surface area (Å²) in [4.78, 5) is 0. The lowest BCUT2D eigenvalue weighted by atomic mass is 9.88. The summed E-state index contributed by atoms with van der Waals surface area (Å²) in [7, 11) is 0. The Hall–Kier alpha value is -2.66. The second-order valence-corrected chi connectivity index (χ2v) is 10.5. The Balaban J connectivity index is 1.43. The van der Waals surface area contributed by atoms with Crippen molar-refractivity contribution in [2.45, 2.75) is 90.1 Å². The van der Waals surface area contributed by atoms with Gasteiger partial charge in [0.15, 0.2) is 23.3 Å². The summed E-state index contributed by atoms with van der Waals surface area (Å²) < 4.78 is 65.4. The van der Waals surface area contributed by atoms with E-state index in [0.717, 1.165) is 32.1 Å².